The largest absolute Gasteiger partial charge is 0.396 e. The molecular formula is C12H26N2O2. The van der Waals surface area contributed by atoms with Crippen molar-refractivity contribution in [1.29, 1.82) is 0 Å². The molecule has 0 radical (unpaired) electrons. The second kappa shape index (κ2) is 8.53. The summed E-state index contributed by atoms with van der Waals surface area (Å²) < 4.78 is 0. The van der Waals surface area contributed by atoms with E-state index < -0.39 is 0 Å². The first-order valence-electron chi connectivity index (χ1n) is 6.14. The van der Waals surface area contributed by atoms with E-state index in [0.717, 1.165) is 12.8 Å². The highest BCUT2D eigenvalue weighted by Gasteiger charge is 2.19. The van der Waals surface area contributed by atoms with E-state index in [4.69, 9.17) is 10.8 Å². The van der Waals surface area contributed by atoms with Crippen LogP contribution in [0.5, 0.6) is 0 Å². The number of hydrogen-bond donors (Lipinski definition) is 3. The summed E-state index contributed by atoms with van der Waals surface area (Å²) in [7, 11) is 0. The van der Waals surface area contributed by atoms with Gasteiger partial charge in [0.05, 0.1) is 0 Å². The van der Waals surface area contributed by atoms with Crippen molar-refractivity contribution in [2.24, 2.45) is 17.6 Å². The minimum atomic E-state index is 0.00323. The molecule has 0 aromatic carbocycles. The number of aliphatic hydroxyl groups excluding tert-OH is 1. The monoisotopic (exact) mass is 230 g/mol. The van der Waals surface area contributed by atoms with Crippen molar-refractivity contribution in [3.63, 3.8) is 0 Å². The lowest BCUT2D eigenvalue weighted by Gasteiger charge is -2.23. The van der Waals surface area contributed by atoms with E-state index in [1.54, 1.807) is 0 Å². The molecule has 4 heteroatoms. The summed E-state index contributed by atoms with van der Waals surface area (Å²) in [6, 6.07) is 0.0674. The molecule has 0 saturated carbocycles. The van der Waals surface area contributed by atoms with Crippen LogP contribution in [-0.2, 0) is 4.79 Å². The number of carbonyl (C=O) groups is 1. The second-order valence-corrected chi connectivity index (χ2v) is 4.70. The van der Waals surface area contributed by atoms with Gasteiger partial charge in [-0.2, -0.15) is 0 Å². The average Bonchev–Trinajstić information content (AvgIpc) is 2.24. The van der Waals surface area contributed by atoms with Gasteiger partial charge in [0, 0.05) is 18.6 Å². The van der Waals surface area contributed by atoms with Crippen molar-refractivity contribution in [2.45, 2.75) is 46.1 Å². The van der Waals surface area contributed by atoms with Gasteiger partial charge in [0.1, 0.15) is 0 Å². The molecule has 2 unspecified atom stereocenters. The Kier molecular flexibility index (Phi) is 8.21. The molecule has 0 aromatic rings. The third-order valence-corrected chi connectivity index (χ3v) is 2.86. The molecule has 0 spiro atoms. The van der Waals surface area contributed by atoms with E-state index in [1.807, 2.05) is 20.8 Å². The lowest BCUT2D eigenvalue weighted by atomic mass is 9.99. The van der Waals surface area contributed by atoms with Crippen molar-refractivity contribution in [3.8, 4) is 0 Å². The van der Waals surface area contributed by atoms with Crippen molar-refractivity contribution in [3.05, 3.63) is 0 Å². The zero-order valence-electron chi connectivity index (χ0n) is 10.7. The Balaban J connectivity index is 4.07. The highest BCUT2D eigenvalue weighted by atomic mass is 16.3. The van der Waals surface area contributed by atoms with E-state index in [-0.39, 0.29) is 24.5 Å². The molecule has 0 aliphatic rings. The molecule has 0 fully saturated rings. The van der Waals surface area contributed by atoms with Gasteiger partial charge in [0.25, 0.3) is 0 Å². The minimum Gasteiger partial charge on any atom is -0.396 e. The van der Waals surface area contributed by atoms with Gasteiger partial charge < -0.3 is 16.2 Å². The quantitative estimate of drug-likeness (QED) is 0.579. The van der Waals surface area contributed by atoms with Gasteiger partial charge in [-0.15, -0.1) is 0 Å². The molecule has 0 rings (SSSR count). The number of nitrogens with one attached hydrogen (secondary N) is 1. The fourth-order valence-electron chi connectivity index (χ4n) is 1.59. The summed E-state index contributed by atoms with van der Waals surface area (Å²) in [5, 5.41) is 11.9. The number of carbonyl (C=O) groups excluding carboxylic acids is 1. The fourth-order valence-corrected chi connectivity index (χ4v) is 1.59. The molecule has 0 aromatic heterocycles. The van der Waals surface area contributed by atoms with Crippen LogP contribution in [0.2, 0.25) is 0 Å². The Hall–Kier alpha value is -0.610. The molecule has 1 amide bonds. The van der Waals surface area contributed by atoms with E-state index in [1.165, 1.54) is 0 Å². The number of aliphatic hydroxyl groups is 1. The molecule has 96 valence electrons. The van der Waals surface area contributed by atoms with E-state index in [0.29, 0.717) is 18.9 Å². The van der Waals surface area contributed by atoms with Crippen LogP contribution < -0.4 is 11.1 Å². The van der Waals surface area contributed by atoms with Crippen LogP contribution in [0.25, 0.3) is 0 Å². The first kappa shape index (κ1) is 15.4. The molecule has 0 aliphatic heterocycles. The third-order valence-electron chi connectivity index (χ3n) is 2.86. The molecule has 16 heavy (non-hydrogen) atoms. The van der Waals surface area contributed by atoms with Crippen LogP contribution in [0, 0.1) is 11.8 Å². The molecule has 0 saturated heterocycles. The summed E-state index contributed by atoms with van der Waals surface area (Å²) in [5.74, 6) is 0.418. The van der Waals surface area contributed by atoms with Gasteiger partial charge in [0.15, 0.2) is 0 Å². The minimum absolute atomic E-state index is 0.00323. The van der Waals surface area contributed by atoms with Crippen LogP contribution in [0.3, 0.4) is 0 Å². The lowest BCUT2D eigenvalue weighted by molar-refractivity contribution is -0.125. The maximum atomic E-state index is 11.8. The smallest absolute Gasteiger partial charge is 0.223 e. The normalized spacial score (nSPS) is 14.9. The zero-order valence-corrected chi connectivity index (χ0v) is 10.7. The first-order chi connectivity index (χ1) is 7.52. The van der Waals surface area contributed by atoms with Crippen LogP contribution in [0.4, 0.5) is 0 Å². The topological polar surface area (TPSA) is 75.4 Å². The predicted molar refractivity (Wildman–Crippen MR) is 65.9 cm³/mol. The van der Waals surface area contributed by atoms with Gasteiger partial charge in [-0.1, -0.05) is 20.8 Å². The number of nitrogens with two attached hydrogens (primary N) is 1. The molecule has 0 aliphatic carbocycles. The van der Waals surface area contributed by atoms with Crippen molar-refractivity contribution in [2.75, 3.05) is 13.2 Å². The zero-order chi connectivity index (χ0) is 12.6. The molecule has 0 bridgehead atoms. The lowest BCUT2D eigenvalue weighted by Crippen LogP contribution is -2.41. The maximum Gasteiger partial charge on any atom is 0.223 e. The van der Waals surface area contributed by atoms with Crippen LogP contribution >= 0.6 is 0 Å². The van der Waals surface area contributed by atoms with Crippen molar-refractivity contribution in [1.82, 2.24) is 5.32 Å². The molecular weight excluding hydrogens is 204 g/mol. The number of hydrogen-bond acceptors (Lipinski definition) is 3. The van der Waals surface area contributed by atoms with Gasteiger partial charge in [-0.05, 0) is 31.7 Å². The SMILES string of the molecule is CC(CCCN)C(=O)NC(CCO)C(C)C. The third kappa shape index (κ3) is 6.08. The fraction of sp³-hybridized carbons (Fsp3) is 0.917. The van der Waals surface area contributed by atoms with Gasteiger partial charge in [-0.25, -0.2) is 0 Å². The summed E-state index contributed by atoms with van der Waals surface area (Å²) in [4.78, 5) is 11.8. The van der Waals surface area contributed by atoms with Gasteiger partial charge in [-0.3, -0.25) is 4.79 Å². The Morgan fingerprint density at radius 1 is 1.31 bits per heavy atom. The predicted octanol–water partition coefficient (Wildman–Crippen LogP) is 0.885. The van der Waals surface area contributed by atoms with E-state index in [2.05, 4.69) is 5.32 Å². The van der Waals surface area contributed by atoms with Crippen LogP contribution in [-0.4, -0.2) is 30.2 Å². The molecule has 4 N–H and O–H groups in total. The Labute approximate surface area is 98.6 Å². The van der Waals surface area contributed by atoms with Gasteiger partial charge >= 0.3 is 0 Å². The number of rotatable bonds is 8. The van der Waals surface area contributed by atoms with Crippen molar-refractivity contribution >= 4 is 5.91 Å². The Morgan fingerprint density at radius 2 is 1.94 bits per heavy atom. The van der Waals surface area contributed by atoms with Crippen LogP contribution in [0.15, 0.2) is 0 Å². The number of amides is 1. The van der Waals surface area contributed by atoms with Gasteiger partial charge in [0.2, 0.25) is 5.91 Å². The first-order valence-corrected chi connectivity index (χ1v) is 6.14. The Bertz CT molecular complexity index is 195. The summed E-state index contributed by atoms with van der Waals surface area (Å²) in [5.41, 5.74) is 5.41. The van der Waals surface area contributed by atoms with E-state index in [9.17, 15) is 4.79 Å². The second-order valence-electron chi connectivity index (χ2n) is 4.70. The molecule has 4 nitrogen and oxygen atoms in total. The molecule has 2 atom stereocenters. The van der Waals surface area contributed by atoms with Crippen molar-refractivity contribution < 1.29 is 9.90 Å². The van der Waals surface area contributed by atoms with E-state index >= 15 is 0 Å². The summed E-state index contributed by atoms with van der Waals surface area (Å²) in [6.07, 6.45) is 2.32. The maximum absolute atomic E-state index is 11.8. The Morgan fingerprint density at radius 3 is 2.38 bits per heavy atom. The molecule has 0 heterocycles. The highest BCUT2D eigenvalue weighted by Crippen LogP contribution is 2.09. The standard InChI is InChI=1S/C12H26N2O2/c1-9(2)11(6-8-15)14-12(16)10(3)5-4-7-13/h9-11,15H,4-8,13H2,1-3H3,(H,14,16). The van der Waals surface area contributed by atoms with Crippen LogP contribution in [0.1, 0.15) is 40.0 Å². The highest BCUT2D eigenvalue weighted by molar-refractivity contribution is 5.78. The average molecular weight is 230 g/mol. The summed E-state index contributed by atoms with van der Waals surface area (Å²) >= 11 is 0. The summed E-state index contributed by atoms with van der Waals surface area (Å²) in [6.45, 7) is 6.75.